The van der Waals surface area contributed by atoms with E-state index >= 15 is 0 Å². The van der Waals surface area contributed by atoms with Crippen LogP contribution in [0.1, 0.15) is 35.2 Å². The van der Waals surface area contributed by atoms with Crippen LogP contribution in [0.2, 0.25) is 0 Å². The molecule has 0 aromatic carbocycles. The van der Waals surface area contributed by atoms with Gasteiger partial charge in [0, 0.05) is 24.0 Å². The van der Waals surface area contributed by atoms with Crippen LogP contribution in [0.25, 0.3) is 0 Å². The van der Waals surface area contributed by atoms with Gasteiger partial charge < -0.3 is 5.32 Å². The van der Waals surface area contributed by atoms with E-state index in [1.165, 1.54) is 0 Å². The van der Waals surface area contributed by atoms with E-state index in [1.54, 1.807) is 18.5 Å². The van der Waals surface area contributed by atoms with Crippen molar-refractivity contribution in [3.05, 3.63) is 29.6 Å². The Morgan fingerprint density at radius 1 is 1.56 bits per heavy atom. The molecule has 0 saturated heterocycles. The van der Waals surface area contributed by atoms with Crippen molar-refractivity contribution in [3.8, 4) is 0 Å². The number of hydrogen-bond donors (Lipinski definition) is 1. The molecule has 1 heterocycles. The summed E-state index contributed by atoms with van der Waals surface area (Å²) in [6.07, 6.45) is 4.22. The lowest BCUT2D eigenvalue weighted by atomic mass is 10.1. The van der Waals surface area contributed by atoms with Crippen molar-refractivity contribution >= 4 is 5.91 Å². The molecule has 16 heavy (non-hydrogen) atoms. The van der Waals surface area contributed by atoms with Crippen molar-refractivity contribution in [2.24, 2.45) is 0 Å². The van der Waals surface area contributed by atoms with Gasteiger partial charge in [0.15, 0.2) is 0 Å². The largest absolute Gasteiger partial charge is 0.349 e. The summed E-state index contributed by atoms with van der Waals surface area (Å²) in [4.78, 5) is 15.8. The number of pyridine rings is 1. The van der Waals surface area contributed by atoms with Gasteiger partial charge in [0.25, 0.3) is 5.91 Å². The molecule has 0 bridgehead atoms. The number of nitrogens with zero attached hydrogens (tertiary/aromatic N) is 1. The van der Waals surface area contributed by atoms with E-state index in [2.05, 4.69) is 10.3 Å². The first-order valence-corrected chi connectivity index (χ1v) is 5.52. The number of hydrogen-bond acceptors (Lipinski definition) is 2. The van der Waals surface area contributed by atoms with Gasteiger partial charge in [-0.3, -0.25) is 9.78 Å². The Labute approximate surface area is 94.1 Å². The number of carbonyl (C=O) groups is 1. The minimum Gasteiger partial charge on any atom is -0.349 e. The highest BCUT2D eigenvalue weighted by atomic mass is 19.1. The number of amides is 1. The Morgan fingerprint density at radius 2 is 2.38 bits per heavy atom. The molecule has 2 rings (SSSR count). The molecule has 1 aromatic rings. The van der Waals surface area contributed by atoms with Crippen LogP contribution >= 0.6 is 0 Å². The third-order valence-electron chi connectivity index (χ3n) is 2.97. The van der Waals surface area contributed by atoms with Crippen molar-refractivity contribution in [1.29, 1.82) is 0 Å². The summed E-state index contributed by atoms with van der Waals surface area (Å²) < 4.78 is 12.9. The van der Waals surface area contributed by atoms with Gasteiger partial charge in [-0.2, -0.15) is 0 Å². The normalized spacial score (nSPS) is 24.4. The number of halogens is 1. The zero-order chi connectivity index (χ0) is 11.5. The fourth-order valence-electron chi connectivity index (χ4n) is 2.05. The molecule has 2 atom stereocenters. The average molecular weight is 222 g/mol. The van der Waals surface area contributed by atoms with E-state index < -0.39 is 6.17 Å². The maximum atomic E-state index is 12.9. The molecule has 86 valence electrons. The fourth-order valence-corrected chi connectivity index (χ4v) is 2.05. The molecule has 4 heteroatoms. The number of rotatable bonds is 2. The lowest BCUT2D eigenvalue weighted by molar-refractivity contribution is 0.0936. The minimum absolute atomic E-state index is 0.0185. The van der Waals surface area contributed by atoms with Gasteiger partial charge in [-0.25, -0.2) is 4.39 Å². The van der Waals surface area contributed by atoms with Gasteiger partial charge in [0.1, 0.15) is 6.17 Å². The maximum absolute atomic E-state index is 12.9. The van der Waals surface area contributed by atoms with Gasteiger partial charge >= 0.3 is 0 Å². The first-order valence-electron chi connectivity index (χ1n) is 5.52. The van der Waals surface area contributed by atoms with Crippen LogP contribution in [0.4, 0.5) is 4.39 Å². The summed E-state index contributed by atoms with van der Waals surface area (Å²) in [5.74, 6) is -0.126. The Kier molecular flexibility index (Phi) is 3.17. The predicted octanol–water partition coefficient (Wildman–Crippen LogP) is 2.01. The van der Waals surface area contributed by atoms with Gasteiger partial charge in [0.05, 0.1) is 0 Å². The molecule has 2 unspecified atom stereocenters. The number of nitrogens with one attached hydrogen (secondary N) is 1. The van der Waals surface area contributed by atoms with Crippen LogP contribution in [0, 0.1) is 6.92 Å². The van der Waals surface area contributed by atoms with Crippen molar-refractivity contribution in [1.82, 2.24) is 10.3 Å². The summed E-state index contributed by atoms with van der Waals surface area (Å²) in [7, 11) is 0. The Balaban J connectivity index is 2.01. The molecule has 1 aliphatic carbocycles. The predicted molar refractivity (Wildman–Crippen MR) is 59.0 cm³/mol. The maximum Gasteiger partial charge on any atom is 0.251 e. The first kappa shape index (κ1) is 11.0. The van der Waals surface area contributed by atoms with Crippen LogP contribution in [0.3, 0.4) is 0 Å². The monoisotopic (exact) mass is 222 g/mol. The first-order chi connectivity index (χ1) is 7.66. The topological polar surface area (TPSA) is 42.0 Å². The number of alkyl halides is 1. The summed E-state index contributed by atoms with van der Waals surface area (Å²) in [6, 6.07) is 1.67. The Bertz CT molecular complexity index is 394. The molecule has 0 aliphatic heterocycles. The minimum atomic E-state index is -0.760. The van der Waals surface area contributed by atoms with Crippen LogP contribution < -0.4 is 5.32 Å². The van der Waals surface area contributed by atoms with E-state index in [1.807, 2.05) is 6.92 Å². The van der Waals surface area contributed by atoms with Crippen LogP contribution in [0.15, 0.2) is 18.5 Å². The molecule has 1 aromatic heterocycles. The lowest BCUT2D eigenvalue weighted by Gasteiger charge is -2.12. The van der Waals surface area contributed by atoms with Crippen molar-refractivity contribution in [2.75, 3.05) is 0 Å². The van der Waals surface area contributed by atoms with Gasteiger partial charge in [-0.1, -0.05) is 0 Å². The van der Waals surface area contributed by atoms with Crippen molar-refractivity contribution < 1.29 is 9.18 Å². The van der Waals surface area contributed by atoms with E-state index in [4.69, 9.17) is 0 Å². The van der Waals surface area contributed by atoms with Crippen molar-refractivity contribution in [3.63, 3.8) is 0 Å². The zero-order valence-corrected chi connectivity index (χ0v) is 9.24. The highest BCUT2D eigenvalue weighted by Crippen LogP contribution is 2.22. The Morgan fingerprint density at radius 3 is 3.00 bits per heavy atom. The highest BCUT2D eigenvalue weighted by Gasteiger charge is 2.25. The molecular weight excluding hydrogens is 207 g/mol. The second kappa shape index (κ2) is 4.60. The molecule has 1 aliphatic rings. The summed E-state index contributed by atoms with van der Waals surface area (Å²) in [6.45, 7) is 1.84. The molecule has 3 nitrogen and oxygen atoms in total. The van der Waals surface area contributed by atoms with E-state index in [0.29, 0.717) is 18.4 Å². The van der Waals surface area contributed by atoms with Crippen molar-refractivity contribution in [2.45, 2.75) is 38.4 Å². The number of aromatic nitrogens is 1. The lowest BCUT2D eigenvalue weighted by Crippen LogP contribution is -2.33. The van der Waals surface area contributed by atoms with Gasteiger partial charge in [-0.05, 0) is 37.8 Å². The molecule has 0 radical (unpaired) electrons. The highest BCUT2D eigenvalue weighted by molar-refractivity contribution is 5.95. The SMILES string of the molecule is Cc1cnccc1C(=O)NC1CCC(F)C1. The van der Waals surface area contributed by atoms with Crippen LogP contribution in [-0.2, 0) is 0 Å². The smallest absolute Gasteiger partial charge is 0.251 e. The molecule has 1 amide bonds. The molecular formula is C12H15FN2O. The van der Waals surface area contributed by atoms with Gasteiger partial charge in [-0.15, -0.1) is 0 Å². The summed E-state index contributed by atoms with van der Waals surface area (Å²) in [5.41, 5.74) is 1.46. The Hall–Kier alpha value is -1.45. The quantitative estimate of drug-likeness (QED) is 0.831. The van der Waals surface area contributed by atoms with Gasteiger partial charge in [0.2, 0.25) is 0 Å². The summed E-state index contributed by atoms with van der Waals surface area (Å²) in [5, 5.41) is 2.86. The second-order valence-corrected chi connectivity index (χ2v) is 4.27. The fraction of sp³-hybridized carbons (Fsp3) is 0.500. The average Bonchev–Trinajstić information content (AvgIpc) is 2.64. The summed E-state index contributed by atoms with van der Waals surface area (Å²) >= 11 is 0. The van der Waals surface area contributed by atoms with E-state index in [9.17, 15) is 9.18 Å². The van der Waals surface area contributed by atoms with E-state index in [0.717, 1.165) is 12.0 Å². The zero-order valence-electron chi connectivity index (χ0n) is 9.24. The number of carbonyl (C=O) groups excluding carboxylic acids is 1. The van der Waals surface area contributed by atoms with E-state index in [-0.39, 0.29) is 11.9 Å². The third kappa shape index (κ3) is 2.38. The number of aryl methyl sites for hydroxylation is 1. The second-order valence-electron chi connectivity index (χ2n) is 4.27. The third-order valence-corrected chi connectivity index (χ3v) is 2.97. The van der Waals surface area contributed by atoms with Crippen LogP contribution in [0.5, 0.6) is 0 Å². The molecule has 1 N–H and O–H groups in total. The molecule has 1 fully saturated rings. The van der Waals surface area contributed by atoms with Crippen LogP contribution in [-0.4, -0.2) is 23.1 Å². The molecule has 0 spiro atoms. The molecule has 1 saturated carbocycles. The standard InChI is InChI=1S/C12H15FN2O/c1-8-7-14-5-4-11(8)12(16)15-10-3-2-9(13)6-10/h4-5,7,9-10H,2-3,6H2,1H3,(H,15,16).